The van der Waals surface area contributed by atoms with E-state index in [1.165, 1.54) is 0 Å². The predicted octanol–water partition coefficient (Wildman–Crippen LogP) is 3.37. The summed E-state index contributed by atoms with van der Waals surface area (Å²) in [4.78, 5) is 18.2. The molecule has 0 unspecified atom stereocenters. The molecule has 0 aliphatic carbocycles. The first-order chi connectivity index (χ1) is 13.3. The molecule has 28 heavy (non-hydrogen) atoms. The van der Waals surface area contributed by atoms with Gasteiger partial charge < -0.3 is 23.5 Å². The van der Waals surface area contributed by atoms with Crippen LogP contribution in [0.3, 0.4) is 0 Å². The maximum atomic E-state index is 11.2. The molecule has 9 heteroatoms. The molecule has 2 aromatic rings. The summed E-state index contributed by atoms with van der Waals surface area (Å²) >= 11 is 0. The molecular weight excluding hydrogens is 387 g/mol. The minimum atomic E-state index is -4.69. The van der Waals surface area contributed by atoms with Gasteiger partial charge in [0.2, 0.25) is 5.75 Å². The van der Waals surface area contributed by atoms with E-state index >= 15 is 0 Å². The Bertz CT molecular complexity index is 821. The Balaban J connectivity index is 2.24. The van der Waals surface area contributed by atoms with Crippen molar-refractivity contribution >= 4 is 7.82 Å². The smallest absolute Gasteiger partial charge is 0.493 e. The molecule has 0 bridgehead atoms. The average Bonchev–Trinajstić information content (AvgIpc) is 2.66. The number of methoxy groups -OCH3 is 3. The molecule has 0 heterocycles. The van der Waals surface area contributed by atoms with Gasteiger partial charge >= 0.3 is 7.82 Å². The summed E-state index contributed by atoms with van der Waals surface area (Å²) < 4.78 is 37.4. The van der Waals surface area contributed by atoms with Crippen LogP contribution in [0.5, 0.6) is 28.7 Å². The summed E-state index contributed by atoms with van der Waals surface area (Å²) in [5, 5.41) is 0. The first-order valence-corrected chi connectivity index (χ1v) is 10.1. The summed E-state index contributed by atoms with van der Waals surface area (Å²) in [6.07, 6.45) is 1.24. The molecule has 0 aliphatic rings. The third-order valence-corrected chi connectivity index (χ3v) is 4.39. The molecule has 0 spiro atoms. The van der Waals surface area contributed by atoms with Gasteiger partial charge in [-0.15, -0.1) is 0 Å². The van der Waals surface area contributed by atoms with Crippen LogP contribution in [-0.2, 0) is 17.4 Å². The van der Waals surface area contributed by atoms with Gasteiger partial charge in [-0.1, -0.05) is 6.07 Å². The minimum Gasteiger partial charge on any atom is -0.493 e. The van der Waals surface area contributed by atoms with Crippen molar-refractivity contribution in [2.24, 2.45) is 0 Å². The van der Waals surface area contributed by atoms with Crippen molar-refractivity contribution in [2.75, 3.05) is 27.9 Å². The SMILES string of the molecule is CCOc1ccc(CCc2cc(OC)c(OC)c(OC)c2)cc1OP(=O)(O)O. The fourth-order valence-corrected chi connectivity index (χ4v) is 3.15. The highest BCUT2D eigenvalue weighted by atomic mass is 31.2. The highest BCUT2D eigenvalue weighted by Gasteiger charge is 2.20. The van der Waals surface area contributed by atoms with Crippen LogP contribution < -0.4 is 23.5 Å². The Hall–Kier alpha value is -2.41. The van der Waals surface area contributed by atoms with Crippen molar-refractivity contribution in [1.82, 2.24) is 0 Å². The zero-order valence-electron chi connectivity index (χ0n) is 16.3. The van der Waals surface area contributed by atoms with Gasteiger partial charge in [-0.2, -0.15) is 0 Å². The van der Waals surface area contributed by atoms with E-state index in [2.05, 4.69) is 0 Å². The van der Waals surface area contributed by atoms with Crippen LogP contribution in [0.15, 0.2) is 30.3 Å². The van der Waals surface area contributed by atoms with Gasteiger partial charge in [0.15, 0.2) is 23.0 Å². The number of phosphoric acid groups is 1. The molecular formula is C19H25O8P. The second-order valence-corrected chi connectivity index (χ2v) is 6.99. The first kappa shape index (κ1) is 21.9. The van der Waals surface area contributed by atoms with Gasteiger partial charge in [-0.3, -0.25) is 9.79 Å². The van der Waals surface area contributed by atoms with Crippen LogP contribution in [0.1, 0.15) is 18.1 Å². The number of ether oxygens (including phenoxy) is 4. The number of phosphoric ester groups is 1. The fraction of sp³-hybridized carbons (Fsp3) is 0.368. The largest absolute Gasteiger partial charge is 0.524 e. The van der Waals surface area contributed by atoms with Crippen LogP contribution in [0.2, 0.25) is 0 Å². The van der Waals surface area contributed by atoms with E-state index in [0.29, 0.717) is 36.7 Å². The lowest BCUT2D eigenvalue weighted by molar-refractivity contribution is 0.270. The molecule has 0 atom stereocenters. The van der Waals surface area contributed by atoms with E-state index in [9.17, 15) is 4.57 Å². The lowest BCUT2D eigenvalue weighted by Gasteiger charge is -2.15. The van der Waals surface area contributed by atoms with Crippen LogP contribution in [0.4, 0.5) is 0 Å². The van der Waals surface area contributed by atoms with E-state index in [4.69, 9.17) is 33.3 Å². The Labute approximate surface area is 164 Å². The summed E-state index contributed by atoms with van der Waals surface area (Å²) in [6, 6.07) is 8.77. The molecule has 0 saturated heterocycles. The second kappa shape index (κ2) is 9.68. The Morgan fingerprint density at radius 1 is 0.821 bits per heavy atom. The lowest BCUT2D eigenvalue weighted by atomic mass is 10.0. The van der Waals surface area contributed by atoms with Crippen molar-refractivity contribution in [3.8, 4) is 28.7 Å². The molecule has 0 fully saturated rings. The van der Waals surface area contributed by atoms with E-state index in [1.54, 1.807) is 40.4 Å². The fourth-order valence-electron chi connectivity index (χ4n) is 2.75. The van der Waals surface area contributed by atoms with E-state index in [0.717, 1.165) is 11.1 Å². The van der Waals surface area contributed by atoms with Gasteiger partial charge in [0.05, 0.1) is 27.9 Å². The molecule has 0 aliphatic heterocycles. The van der Waals surface area contributed by atoms with Gasteiger partial charge in [-0.05, 0) is 55.2 Å². The highest BCUT2D eigenvalue weighted by molar-refractivity contribution is 7.46. The number of hydrogen-bond donors (Lipinski definition) is 2. The monoisotopic (exact) mass is 412 g/mol. The highest BCUT2D eigenvalue weighted by Crippen LogP contribution is 2.43. The number of benzene rings is 2. The summed E-state index contributed by atoms with van der Waals surface area (Å²) in [6.45, 7) is 2.13. The minimum absolute atomic E-state index is 0.0116. The van der Waals surface area contributed by atoms with E-state index in [1.807, 2.05) is 18.2 Å². The van der Waals surface area contributed by atoms with Crippen LogP contribution in [0, 0.1) is 0 Å². The molecule has 0 saturated carbocycles. The molecule has 0 radical (unpaired) electrons. The summed E-state index contributed by atoms with van der Waals surface area (Å²) in [7, 11) is -0.0388. The standard InChI is InChI=1S/C19H25O8P/c1-5-26-15-9-8-13(10-16(15)27-28(20,21)22)6-7-14-11-17(23-2)19(25-4)18(12-14)24-3/h8-12H,5-7H2,1-4H3,(H2,20,21,22). The van der Waals surface area contributed by atoms with Gasteiger partial charge in [0.25, 0.3) is 0 Å². The second-order valence-electron chi connectivity index (χ2n) is 5.83. The molecule has 8 nitrogen and oxygen atoms in total. The van der Waals surface area contributed by atoms with Gasteiger partial charge in [0.1, 0.15) is 0 Å². The molecule has 2 rings (SSSR count). The zero-order valence-corrected chi connectivity index (χ0v) is 17.2. The van der Waals surface area contributed by atoms with E-state index in [-0.39, 0.29) is 11.5 Å². The number of aryl methyl sites for hydroxylation is 2. The number of hydrogen-bond acceptors (Lipinski definition) is 6. The molecule has 2 aromatic carbocycles. The summed E-state index contributed by atoms with van der Waals surface area (Å²) in [5.74, 6) is 1.94. The molecule has 0 aromatic heterocycles. The van der Waals surface area contributed by atoms with Crippen molar-refractivity contribution in [2.45, 2.75) is 19.8 Å². The third-order valence-electron chi connectivity index (χ3n) is 3.95. The Morgan fingerprint density at radius 3 is 1.89 bits per heavy atom. The molecule has 2 N–H and O–H groups in total. The van der Waals surface area contributed by atoms with Gasteiger partial charge in [-0.25, -0.2) is 4.57 Å². The maximum Gasteiger partial charge on any atom is 0.524 e. The van der Waals surface area contributed by atoms with E-state index < -0.39 is 7.82 Å². The third kappa shape index (κ3) is 5.79. The average molecular weight is 412 g/mol. The Kier molecular flexibility index (Phi) is 7.57. The van der Waals surface area contributed by atoms with Crippen molar-refractivity contribution in [3.05, 3.63) is 41.5 Å². The van der Waals surface area contributed by atoms with Crippen LogP contribution >= 0.6 is 7.82 Å². The Morgan fingerprint density at radius 2 is 1.39 bits per heavy atom. The van der Waals surface area contributed by atoms with Gasteiger partial charge in [0, 0.05) is 0 Å². The van der Waals surface area contributed by atoms with Crippen molar-refractivity contribution in [1.29, 1.82) is 0 Å². The van der Waals surface area contributed by atoms with Crippen molar-refractivity contribution in [3.63, 3.8) is 0 Å². The first-order valence-electron chi connectivity index (χ1n) is 8.61. The number of rotatable bonds is 10. The quantitative estimate of drug-likeness (QED) is 0.573. The van der Waals surface area contributed by atoms with Crippen LogP contribution in [0.25, 0.3) is 0 Å². The topological polar surface area (TPSA) is 104 Å². The van der Waals surface area contributed by atoms with Crippen LogP contribution in [-0.4, -0.2) is 37.7 Å². The summed E-state index contributed by atoms with van der Waals surface area (Å²) in [5.41, 5.74) is 1.79. The predicted molar refractivity (Wildman–Crippen MR) is 104 cm³/mol. The molecule has 154 valence electrons. The lowest BCUT2D eigenvalue weighted by Crippen LogP contribution is -2.00. The van der Waals surface area contributed by atoms with Crippen molar-refractivity contribution < 1.29 is 37.8 Å². The zero-order chi connectivity index (χ0) is 20.7. The normalized spacial score (nSPS) is 11.1. The molecule has 0 amide bonds. The maximum absolute atomic E-state index is 11.2.